The molecule has 1 aliphatic rings. The zero-order valence-corrected chi connectivity index (χ0v) is 10.8. The summed E-state index contributed by atoms with van der Waals surface area (Å²) in [6.45, 7) is 5.84. The quantitative estimate of drug-likeness (QED) is 0.482. The predicted molar refractivity (Wildman–Crippen MR) is 71.5 cm³/mol. The van der Waals surface area contributed by atoms with E-state index in [1.807, 2.05) is 13.0 Å². The molecule has 2 aromatic rings. The lowest BCUT2D eigenvalue weighted by Gasteiger charge is -2.07. The Morgan fingerprint density at radius 3 is 2.79 bits per heavy atom. The van der Waals surface area contributed by atoms with E-state index in [0.717, 1.165) is 16.5 Å². The van der Waals surface area contributed by atoms with Gasteiger partial charge in [0, 0.05) is 23.1 Å². The largest absolute Gasteiger partial charge is 0.496 e. The number of methoxy groups -OCH3 is 1. The second kappa shape index (κ2) is 4.24. The Bertz CT molecular complexity index is 714. The van der Waals surface area contributed by atoms with Gasteiger partial charge in [0.25, 0.3) is 0 Å². The monoisotopic (exact) mass is 258 g/mol. The summed E-state index contributed by atoms with van der Waals surface area (Å²) in [6, 6.07) is 6.80. The van der Waals surface area contributed by atoms with E-state index >= 15 is 0 Å². The minimum atomic E-state index is -0.371. The van der Waals surface area contributed by atoms with Crippen molar-refractivity contribution in [1.29, 1.82) is 0 Å². The molecule has 0 spiro atoms. The number of rotatable bonds is 3. The van der Waals surface area contributed by atoms with Crippen LogP contribution in [-0.2, 0) is 4.74 Å². The van der Waals surface area contributed by atoms with Crippen molar-refractivity contribution in [2.75, 3.05) is 7.11 Å². The molecule has 1 aromatic heterocycles. The normalized spacial score (nSPS) is 21.4. The molecule has 2 atom stereocenters. The number of fused-ring (bicyclic) bond motifs is 1. The van der Waals surface area contributed by atoms with Crippen LogP contribution in [-0.4, -0.2) is 13.2 Å². The van der Waals surface area contributed by atoms with Gasteiger partial charge in [-0.25, -0.2) is 4.79 Å². The Hall–Kier alpha value is -2.07. The van der Waals surface area contributed by atoms with Crippen molar-refractivity contribution in [2.45, 2.75) is 19.1 Å². The van der Waals surface area contributed by atoms with E-state index in [-0.39, 0.29) is 17.8 Å². The lowest BCUT2D eigenvalue weighted by Crippen LogP contribution is -1.98. The van der Waals surface area contributed by atoms with Gasteiger partial charge in [-0.2, -0.15) is 0 Å². The van der Waals surface area contributed by atoms with Crippen LogP contribution in [0.5, 0.6) is 5.75 Å². The van der Waals surface area contributed by atoms with Crippen molar-refractivity contribution in [3.05, 3.63) is 52.4 Å². The molecule has 1 aromatic carbocycles. The van der Waals surface area contributed by atoms with Crippen molar-refractivity contribution in [1.82, 2.24) is 0 Å². The van der Waals surface area contributed by atoms with E-state index in [4.69, 9.17) is 13.9 Å². The predicted octanol–water partition coefficient (Wildman–Crippen LogP) is 2.82. The lowest BCUT2D eigenvalue weighted by atomic mass is 10.0. The maximum absolute atomic E-state index is 11.2. The van der Waals surface area contributed by atoms with Crippen molar-refractivity contribution < 1.29 is 13.9 Å². The van der Waals surface area contributed by atoms with Gasteiger partial charge in [0.15, 0.2) is 0 Å². The van der Waals surface area contributed by atoms with Crippen molar-refractivity contribution in [3.8, 4) is 5.75 Å². The molecule has 0 bridgehead atoms. The molecule has 1 aliphatic heterocycles. The highest BCUT2D eigenvalue weighted by atomic mass is 16.6. The first-order chi connectivity index (χ1) is 9.10. The molecule has 2 heterocycles. The molecule has 4 nitrogen and oxygen atoms in total. The molecule has 0 aliphatic carbocycles. The van der Waals surface area contributed by atoms with E-state index < -0.39 is 0 Å². The Morgan fingerprint density at radius 1 is 1.37 bits per heavy atom. The SMILES string of the molecule is C=C(C)C1OC1c1cc2ccc(=O)oc2cc1OC. The second-order valence-electron chi connectivity index (χ2n) is 4.71. The van der Waals surface area contributed by atoms with Crippen LogP contribution in [0.2, 0.25) is 0 Å². The average molecular weight is 258 g/mol. The number of benzene rings is 1. The molecule has 1 fully saturated rings. The fourth-order valence-corrected chi connectivity index (χ4v) is 2.24. The molecule has 0 amide bonds. The zero-order chi connectivity index (χ0) is 13.6. The third-order valence-electron chi connectivity index (χ3n) is 3.26. The third kappa shape index (κ3) is 2.04. The second-order valence-corrected chi connectivity index (χ2v) is 4.71. The lowest BCUT2D eigenvalue weighted by molar-refractivity contribution is 0.371. The van der Waals surface area contributed by atoms with Crippen LogP contribution < -0.4 is 10.4 Å². The molecule has 0 N–H and O–H groups in total. The first-order valence-corrected chi connectivity index (χ1v) is 6.03. The van der Waals surface area contributed by atoms with Gasteiger partial charge in [-0.1, -0.05) is 6.58 Å². The standard InChI is InChI=1S/C15H14O4/c1-8(2)14-15(19-14)10-6-9-4-5-13(16)18-11(9)7-12(10)17-3/h4-7,14-15H,1H2,2-3H3. The van der Waals surface area contributed by atoms with Crippen LogP contribution in [0.1, 0.15) is 18.6 Å². The first-order valence-electron chi connectivity index (χ1n) is 6.03. The number of hydrogen-bond acceptors (Lipinski definition) is 4. The van der Waals surface area contributed by atoms with Gasteiger partial charge in [0.2, 0.25) is 0 Å². The summed E-state index contributed by atoms with van der Waals surface area (Å²) in [5.74, 6) is 0.663. The average Bonchev–Trinajstić information content (AvgIpc) is 3.17. The fourth-order valence-electron chi connectivity index (χ4n) is 2.24. The summed E-state index contributed by atoms with van der Waals surface area (Å²) < 4.78 is 16.1. The third-order valence-corrected chi connectivity index (χ3v) is 3.26. The molecular formula is C15H14O4. The molecule has 3 rings (SSSR count). The highest BCUT2D eigenvalue weighted by molar-refractivity contribution is 5.79. The molecule has 19 heavy (non-hydrogen) atoms. The van der Waals surface area contributed by atoms with Gasteiger partial charge in [-0.15, -0.1) is 0 Å². The summed E-state index contributed by atoms with van der Waals surface area (Å²) in [6.07, 6.45) is 0.0193. The van der Waals surface area contributed by atoms with Crippen molar-refractivity contribution in [2.24, 2.45) is 0 Å². The smallest absolute Gasteiger partial charge is 0.336 e. The van der Waals surface area contributed by atoms with Crippen LogP contribution in [0, 0.1) is 0 Å². The molecule has 2 unspecified atom stereocenters. The first kappa shape index (κ1) is 12.0. The van der Waals surface area contributed by atoms with Gasteiger partial charge in [-0.05, 0) is 24.6 Å². The Balaban J connectivity index is 2.11. The summed E-state index contributed by atoms with van der Waals surface area (Å²) >= 11 is 0. The van der Waals surface area contributed by atoms with E-state index in [0.29, 0.717) is 11.3 Å². The molecule has 1 saturated heterocycles. The summed E-state index contributed by atoms with van der Waals surface area (Å²) in [4.78, 5) is 11.2. The van der Waals surface area contributed by atoms with E-state index in [1.54, 1.807) is 19.2 Å². The van der Waals surface area contributed by atoms with Crippen molar-refractivity contribution in [3.63, 3.8) is 0 Å². The van der Waals surface area contributed by atoms with E-state index in [2.05, 4.69) is 6.58 Å². The van der Waals surface area contributed by atoms with Crippen LogP contribution in [0.3, 0.4) is 0 Å². The Morgan fingerprint density at radius 2 is 2.16 bits per heavy atom. The van der Waals surface area contributed by atoms with Gasteiger partial charge < -0.3 is 13.9 Å². The van der Waals surface area contributed by atoms with E-state index in [1.165, 1.54) is 6.07 Å². The van der Waals surface area contributed by atoms with Gasteiger partial charge in [0.1, 0.15) is 23.5 Å². The van der Waals surface area contributed by atoms with E-state index in [9.17, 15) is 4.79 Å². The van der Waals surface area contributed by atoms with Gasteiger partial charge >= 0.3 is 5.63 Å². The summed E-state index contributed by atoms with van der Waals surface area (Å²) in [7, 11) is 1.59. The van der Waals surface area contributed by atoms with Gasteiger partial charge in [0.05, 0.1) is 7.11 Å². The highest BCUT2D eigenvalue weighted by Crippen LogP contribution is 2.46. The number of hydrogen-bond donors (Lipinski definition) is 0. The van der Waals surface area contributed by atoms with Crippen molar-refractivity contribution >= 4 is 11.0 Å². The van der Waals surface area contributed by atoms with Crippen LogP contribution >= 0.6 is 0 Å². The van der Waals surface area contributed by atoms with Crippen LogP contribution in [0.4, 0.5) is 0 Å². The molecule has 0 radical (unpaired) electrons. The number of ether oxygens (including phenoxy) is 2. The fraction of sp³-hybridized carbons (Fsp3) is 0.267. The summed E-state index contributed by atoms with van der Waals surface area (Å²) in [5.41, 5.74) is 2.09. The van der Waals surface area contributed by atoms with Crippen LogP contribution in [0.25, 0.3) is 11.0 Å². The Labute approximate surface area is 110 Å². The zero-order valence-electron chi connectivity index (χ0n) is 10.8. The molecule has 98 valence electrons. The molecular weight excluding hydrogens is 244 g/mol. The topological polar surface area (TPSA) is 52.0 Å². The Kier molecular flexibility index (Phi) is 2.68. The van der Waals surface area contributed by atoms with Crippen LogP contribution in [0.15, 0.2) is 45.6 Å². The maximum atomic E-state index is 11.2. The minimum absolute atomic E-state index is 0.0243. The minimum Gasteiger partial charge on any atom is -0.496 e. The molecule has 0 saturated carbocycles. The number of epoxide rings is 1. The maximum Gasteiger partial charge on any atom is 0.336 e. The summed E-state index contributed by atoms with van der Waals surface area (Å²) in [5, 5.41) is 0.853. The molecule has 4 heteroatoms. The highest BCUT2D eigenvalue weighted by Gasteiger charge is 2.42. The van der Waals surface area contributed by atoms with Gasteiger partial charge in [-0.3, -0.25) is 0 Å².